The molecule has 2 aliphatic rings. The molecule has 3 aromatic carbocycles. The molecular formula is C28H22FN5O3. The van der Waals surface area contributed by atoms with E-state index in [9.17, 15) is 18.8 Å². The molecule has 3 amide bonds. The zero-order valence-corrected chi connectivity index (χ0v) is 19.7. The maximum Gasteiger partial charge on any atom is 0.276 e. The molecule has 9 heteroatoms. The summed E-state index contributed by atoms with van der Waals surface area (Å²) in [7, 11) is 0. The highest BCUT2D eigenvalue weighted by atomic mass is 19.1. The van der Waals surface area contributed by atoms with Crippen LogP contribution in [0.2, 0.25) is 0 Å². The molecule has 0 atom stereocenters. The SMILES string of the molecule is O=C1CN(C(=O)c2ccc(NC(=O)c3nn(-c4ccc(F)cc4)c4c3CCC4)cc2)c2ccccc2N1. The van der Waals surface area contributed by atoms with Crippen LogP contribution in [0.4, 0.5) is 21.5 Å². The molecule has 0 saturated heterocycles. The first kappa shape index (κ1) is 22.7. The second-order valence-corrected chi connectivity index (χ2v) is 9.00. The van der Waals surface area contributed by atoms with Crippen molar-refractivity contribution in [2.45, 2.75) is 19.3 Å². The minimum Gasteiger partial charge on any atom is -0.323 e. The number of hydrogen-bond donors (Lipinski definition) is 2. The van der Waals surface area contributed by atoms with Gasteiger partial charge in [0, 0.05) is 22.5 Å². The number of hydrogen-bond acceptors (Lipinski definition) is 4. The summed E-state index contributed by atoms with van der Waals surface area (Å²) >= 11 is 0. The number of nitrogens with zero attached hydrogens (tertiary/aromatic N) is 3. The summed E-state index contributed by atoms with van der Waals surface area (Å²) in [6.45, 7) is -0.0733. The molecule has 37 heavy (non-hydrogen) atoms. The number of para-hydroxylation sites is 2. The molecule has 0 unspecified atom stereocenters. The number of carbonyl (C=O) groups excluding carboxylic acids is 3. The van der Waals surface area contributed by atoms with E-state index in [0.29, 0.717) is 34.0 Å². The molecule has 2 N–H and O–H groups in total. The van der Waals surface area contributed by atoms with E-state index in [0.717, 1.165) is 30.5 Å². The van der Waals surface area contributed by atoms with Crippen LogP contribution in [0.25, 0.3) is 5.69 Å². The summed E-state index contributed by atoms with van der Waals surface area (Å²) in [5.41, 5.74) is 5.03. The summed E-state index contributed by atoms with van der Waals surface area (Å²) < 4.78 is 15.1. The van der Waals surface area contributed by atoms with Gasteiger partial charge in [0.05, 0.1) is 17.1 Å². The van der Waals surface area contributed by atoms with Crippen molar-refractivity contribution in [3.8, 4) is 5.69 Å². The number of amides is 3. The molecule has 1 aliphatic carbocycles. The standard InChI is InChI=1S/C28H22FN5O3/c29-18-10-14-20(15-11-18)34-23-7-3-4-21(23)26(32-34)27(36)30-19-12-8-17(9-13-19)28(37)33-16-25(35)31-22-5-1-2-6-24(22)33/h1-2,5-6,8-15H,3-4,7,16H2,(H,30,36)(H,31,35). The van der Waals surface area contributed by atoms with Gasteiger partial charge in [-0.05, 0) is 79.9 Å². The predicted molar refractivity (Wildman–Crippen MR) is 137 cm³/mol. The van der Waals surface area contributed by atoms with Gasteiger partial charge in [0.15, 0.2) is 5.69 Å². The zero-order chi connectivity index (χ0) is 25.5. The Morgan fingerprint density at radius 2 is 1.70 bits per heavy atom. The molecule has 0 radical (unpaired) electrons. The molecule has 8 nitrogen and oxygen atoms in total. The highest BCUT2D eigenvalue weighted by Gasteiger charge is 2.29. The van der Waals surface area contributed by atoms with Crippen molar-refractivity contribution in [2.24, 2.45) is 0 Å². The molecule has 0 bridgehead atoms. The van der Waals surface area contributed by atoms with Gasteiger partial charge in [-0.25, -0.2) is 9.07 Å². The van der Waals surface area contributed by atoms with E-state index in [-0.39, 0.29) is 30.1 Å². The van der Waals surface area contributed by atoms with Crippen LogP contribution < -0.4 is 15.5 Å². The van der Waals surface area contributed by atoms with Crippen LogP contribution in [0.3, 0.4) is 0 Å². The Morgan fingerprint density at radius 3 is 2.49 bits per heavy atom. The normalized spacial score (nSPS) is 14.1. The Labute approximate surface area is 211 Å². The third-order valence-electron chi connectivity index (χ3n) is 6.62. The summed E-state index contributed by atoms with van der Waals surface area (Å²) in [5, 5.41) is 10.2. The third kappa shape index (κ3) is 4.14. The van der Waals surface area contributed by atoms with Crippen molar-refractivity contribution in [3.05, 3.63) is 101 Å². The monoisotopic (exact) mass is 495 g/mol. The van der Waals surface area contributed by atoms with Gasteiger partial charge < -0.3 is 10.6 Å². The van der Waals surface area contributed by atoms with E-state index in [4.69, 9.17) is 0 Å². The van der Waals surface area contributed by atoms with Crippen molar-refractivity contribution >= 4 is 34.8 Å². The lowest BCUT2D eigenvalue weighted by Gasteiger charge is -2.29. The molecule has 0 spiro atoms. The van der Waals surface area contributed by atoms with Crippen molar-refractivity contribution < 1.29 is 18.8 Å². The lowest BCUT2D eigenvalue weighted by molar-refractivity contribution is -0.115. The number of nitrogens with one attached hydrogen (secondary N) is 2. The number of aromatic nitrogens is 2. The maximum atomic E-state index is 13.4. The van der Waals surface area contributed by atoms with Gasteiger partial charge in [-0.2, -0.15) is 5.10 Å². The smallest absolute Gasteiger partial charge is 0.276 e. The number of anilines is 3. The predicted octanol–water partition coefficient (Wildman–Crippen LogP) is 4.35. The first-order valence-electron chi connectivity index (χ1n) is 12.0. The van der Waals surface area contributed by atoms with Crippen LogP contribution >= 0.6 is 0 Å². The van der Waals surface area contributed by atoms with Crippen LogP contribution in [-0.4, -0.2) is 34.0 Å². The molecule has 0 fully saturated rings. The molecule has 4 aromatic rings. The number of carbonyl (C=O) groups is 3. The van der Waals surface area contributed by atoms with E-state index in [1.165, 1.54) is 17.0 Å². The number of rotatable bonds is 4. The fraction of sp³-hybridized carbons (Fsp3) is 0.143. The van der Waals surface area contributed by atoms with Crippen LogP contribution in [0.5, 0.6) is 0 Å². The number of benzene rings is 3. The molecule has 6 rings (SSSR count). The summed E-state index contributed by atoms with van der Waals surface area (Å²) in [6.07, 6.45) is 2.46. The topological polar surface area (TPSA) is 96.3 Å². The van der Waals surface area contributed by atoms with Crippen molar-refractivity contribution in [1.29, 1.82) is 0 Å². The fourth-order valence-corrected chi connectivity index (χ4v) is 4.87. The lowest BCUT2D eigenvalue weighted by Crippen LogP contribution is -2.42. The highest BCUT2D eigenvalue weighted by molar-refractivity contribution is 6.15. The Balaban J connectivity index is 1.21. The molecule has 0 saturated carbocycles. The van der Waals surface area contributed by atoms with E-state index >= 15 is 0 Å². The molecular weight excluding hydrogens is 473 g/mol. The Bertz CT molecular complexity index is 1540. The second-order valence-electron chi connectivity index (χ2n) is 9.00. The van der Waals surface area contributed by atoms with E-state index in [2.05, 4.69) is 15.7 Å². The maximum absolute atomic E-state index is 13.4. The zero-order valence-electron chi connectivity index (χ0n) is 19.7. The summed E-state index contributed by atoms with van der Waals surface area (Å²) in [5.74, 6) is -1.25. The van der Waals surface area contributed by atoms with E-state index in [1.54, 1.807) is 59.3 Å². The third-order valence-corrected chi connectivity index (χ3v) is 6.62. The molecule has 184 valence electrons. The van der Waals surface area contributed by atoms with E-state index in [1.807, 2.05) is 6.07 Å². The average molecular weight is 496 g/mol. The molecule has 1 aromatic heterocycles. The van der Waals surface area contributed by atoms with Gasteiger partial charge >= 0.3 is 0 Å². The molecule has 1 aliphatic heterocycles. The van der Waals surface area contributed by atoms with Gasteiger partial charge in [-0.1, -0.05) is 12.1 Å². The highest BCUT2D eigenvalue weighted by Crippen LogP contribution is 2.31. The van der Waals surface area contributed by atoms with Crippen molar-refractivity contribution in [2.75, 3.05) is 22.1 Å². The van der Waals surface area contributed by atoms with Crippen LogP contribution in [0.1, 0.15) is 38.5 Å². The van der Waals surface area contributed by atoms with Gasteiger partial charge in [-0.3, -0.25) is 19.3 Å². The Morgan fingerprint density at radius 1 is 0.946 bits per heavy atom. The number of halogens is 1. The minimum atomic E-state index is -0.347. The molecule has 2 heterocycles. The van der Waals surface area contributed by atoms with Crippen molar-refractivity contribution in [3.63, 3.8) is 0 Å². The van der Waals surface area contributed by atoms with Gasteiger partial charge in [0.25, 0.3) is 11.8 Å². The van der Waals surface area contributed by atoms with Gasteiger partial charge in [0.1, 0.15) is 12.4 Å². The minimum absolute atomic E-state index is 0.0733. The lowest BCUT2D eigenvalue weighted by atomic mass is 10.1. The first-order valence-corrected chi connectivity index (χ1v) is 12.0. The summed E-state index contributed by atoms with van der Waals surface area (Å²) in [6, 6.07) is 19.7. The summed E-state index contributed by atoms with van der Waals surface area (Å²) in [4.78, 5) is 39.8. The largest absolute Gasteiger partial charge is 0.323 e. The average Bonchev–Trinajstić information content (AvgIpc) is 3.52. The number of fused-ring (bicyclic) bond motifs is 2. The van der Waals surface area contributed by atoms with Gasteiger partial charge in [-0.15, -0.1) is 0 Å². The van der Waals surface area contributed by atoms with Crippen molar-refractivity contribution in [1.82, 2.24) is 9.78 Å². The van der Waals surface area contributed by atoms with Crippen LogP contribution in [-0.2, 0) is 17.6 Å². The van der Waals surface area contributed by atoms with Crippen LogP contribution in [0, 0.1) is 5.82 Å². The second kappa shape index (κ2) is 9.02. The Kier molecular flexibility index (Phi) is 5.52. The quantitative estimate of drug-likeness (QED) is 0.440. The van der Waals surface area contributed by atoms with E-state index < -0.39 is 0 Å². The first-order chi connectivity index (χ1) is 18.0. The fourth-order valence-electron chi connectivity index (χ4n) is 4.87. The Hall–Kier alpha value is -4.79. The van der Waals surface area contributed by atoms with Crippen LogP contribution in [0.15, 0.2) is 72.8 Å². The van der Waals surface area contributed by atoms with Gasteiger partial charge in [0.2, 0.25) is 5.91 Å².